The van der Waals surface area contributed by atoms with Crippen molar-refractivity contribution in [3.8, 4) is 12.3 Å². The zero-order valence-electron chi connectivity index (χ0n) is 7.16. The van der Waals surface area contributed by atoms with E-state index >= 15 is 0 Å². The van der Waals surface area contributed by atoms with E-state index in [1.165, 1.54) is 6.08 Å². The Morgan fingerprint density at radius 3 is 2.85 bits per heavy atom. The zero-order valence-corrected chi connectivity index (χ0v) is 7.16. The van der Waals surface area contributed by atoms with E-state index in [0.717, 1.165) is 11.1 Å². The van der Waals surface area contributed by atoms with Crippen LogP contribution < -0.4 is 0 Å². The van der Waals surface area contributed by atoms with Crippen LogP contribution in [-0.4, -0.2) is 12.6 Å². The first-order valence-corrected chi connectivity index (χ1v) is 3.96. The SMILES string of the molecule is C#Cc1ccccc1CCN=C=O. The van der Waals surface area contributed by atoms with E-state index in [9.17, 15) is 4.79 Å². The number of aliphatic imine (C=N–C) groups is 1. The molecule has 1 rings (SSSR count). The molecule has 0 atom stereocenters. The van der Waals surface area contributed by atoms with Crippen LogP contribution in [0.3, 0.4) is 0 Å². The molecule has 0 fully saturated rings. The second-order valence-corrected chi connectivity index (χ2v) is 2.52. The fourth-order valence-electron chi connectivity index (χ4n) is 1.10. The van der Waals surface area contributed by atoms with Crippen LogP contribution in [0.2, 0.25) is 0 Å². The maximum Gasteiger partial charge on any atom is 0.234 e. The Morgan fingerprint density at radius 1 is 1.38 bits per heavy atom. The second kappa shape index (κ2) is 4.92. The van der Waals surface area contributed by atoms with Crippen LogP contribution in [0.15, 0.2) is 29.3 Å². The first kappa shape index (κ1) is 9.25. The molecule has 1 aromatic carbocycles. The van der Waals surface area contributed by atoms with Crippen molar-refractivity contribution in [1.82, 2.24) is 0 Å². The van der Waals surface area contributed by atoms with Crippen molar-refractivity contribution in [3.05, 3.63) is 35.4 Å². The molecule has 0 saturated carbocycles. The van der Waals surface area contributed by atoms with Gasteiger partial charge in [0, 0.05) is 5.56 Å². The number of terminal acetylenes is 1. The molecule has 0 saturated heterocycles. The van der Waals surface area contributed by atoms with Gasteiger partial charge in [-0.3, -0.25) is 0 Å². The molecule has 0 aliphatic carbocycles. The first-order chi connectivity index (χ1) is 6.38. The van der Waals surface area contributed by atoms with E-state index in [1.807, 2.05) is 24.3 Å². The van der Waals surface area contributed by atoms with Crippen LogP contribution in [0.5, 0.6) is 0 Å². The van der Waals surface area contributed by atoms with Crippen molar-refractivity contribution in [3.63, 3.8) is 0 Å². The van der Waals surface area contributed by atoms with Crippen molar-refractivity contribution < 1.29 is 4.79 Å². The largest absolute Gasteiger partial charge is 0.234 e. The van der Waals surface area contributed by atoms with Gasteiger partial charge in [-0.2, -0.15) is 0 Å². The summed E-state index contributed by atoms with van der Waals surface area (Å²) < 4.78 is 0. The van der Waals surface area contributed by atoms with E-state index in [4.69, 9.17) is 6.42 Å². The molecular formula is C11H9NO. The van der Waals surface area contributed by atoms with Crippen LogP contribution in [0.1, 0.15) is 11.1 Å². The number of hydrogen-bond acceptors (Lipinski definition) is 2. The highest BCUT2D eigenvalue weighted by molar-refractivity contribution is 5.40. The lowest BCUT2D eigenvalue weighted by molar-refractivity contribution is 0.563. The minimum absolute atomic E-state index is 0.447. The van der Waals surface area contributed by atoms with Crippen LogP contribution >= 0.6 is 0 Å². The summed E-state index contributed by atoms with van der Waals surface area (Å²) in [6.07, 6.45) is 7.49. The van der Waals surface area contributed by atoms with Gasteiger partial charge in [-0.25, -0.2) is 9.79 Å². The molecule has 64 valence electrons. The molecular weight excluding hydrogens is 162 g/mol. The number of rotatable bonds is 3. The molecule has 1 aromatic rings. The van der Waals surface area contributed by atoms with Gasteiger partial charge in [-0.1, -0.05) is 24.1 Å². The minimum atomic E-state index is 0.447. The number of isocyanates is 1. The lowest BCUT2D eigenvalue weighted by atomic mass is 10.1. The fraction of sp³-hybridized carbons (Fsp3) is 0.182. The average Bonchev–Trinajstić information content (AvgIpc) is 2.19. The number of nitrogens with zero attached hydrogens (tertiary/aromatic N) is 1. The Bertz CT molecular complexity index is 370. The number of carbonyl (C=O) groups excluding carboxylic acids is 1. The summed E-state index contributed by atoms with van der Waals surface area (Å²) in [5.41, 5.74) is 1.91. The summed E-state index contributed by atoms with van der Waals surface area (Å²) in [6, 6.07) is 7.62. The van der Waals surface area contributed by atoms with Gasteiger partial charge < -0.3 is 0 Å². The fourth-order valence-corrected chi connectivity index (χ4v) is 1.10. The molecule has 0 amide bonds. The molecule has 0 aromatic heterocycles. The lowest BCUT2D eigenvalue weighted by Gasteiger charge is -2.00. The van der Waals surface area contributed by atoms with E-state index in [1.54, 1.807) is 0 Å². The summed E-state index contributed by atoms with van der Waals surface area (Å²) in [5.74, 6) is 2.58. The number of benzene rings is 1. The summed E-state index contributed by atoms with van der Waals surface area (Å²) >= 11 is 0. The second-order valence-electron chi connectivity index (χ2n) is 2.52. The monoisotopic (exact) mass is 171 g/mol. The van der Waals surface area contributed by atoms with E-state index in [0.29, 0.717) is 13.0 Å². The van der Waals surface area contributed by atoms with Crippen LogP contribution in [0.4, 0.5) is 0 Å². The summed E-state index contributed by atoms with van der Waals surface area (Å²) in [5, 5.41) is 0. The van der Waals surface area contributed by atoms with E-state index in [-0.39, 0.29) is 0 Å². The topological polar surface area (TPSA) is 29.4 Å². The summed E-state index contributed by atoms with van der Waals surface area (Å²) in [7, 11) is 0. The maximum atomic E-state index is 9.82. The zero-order chi connectivity index (χ0) is 9.52. The van der Waals surface area contributed by atoms with Crippen molar-refractivity contribution in [2.24, 2.45) is 4.99 Å². The molecule has 2 nitrogen and oxygen atoms in total. The third-order valence-corrected chi connectivity index (χ3v) is 1.73. The van der Waals surface area contributed by atoms with Crippen LogP contribution in [-0.2, 0) is 11.2 Å². The van der Waals surface area contributed by atoms with Gasteiger partial charge in [-0.15, -0.1) is 6.42 Å². The smallest absolute Gasteiger partial charge is 0.211 e. The van der Waals surface area contributed by atoms with Crippen molar-refractivity contribution in [2.75, 3.05) is 6.54 Å². The highest BCUT2D eigenvalue weighted by Gasteiger charge is 1.96. The van der Waals surface area contributed by atoms with Gasteiger partial charge >= 0.3 is 0 Å². The van der Waals surface area contributed by atoms with E-state index < -0.39 is 0 Å². The van der Waals surface area contributed by atoms with Gasteiger partial charge in [0.15, 0.2) is 0 Å². The quantitative estimate of drug-likeness (QED) is 0.385. The highest BCUT2D eigenvalue weighted by atomic mass is 16.1. The number of hydrogen-bond donors (Lipinski definition) is 0. The standard InChI is InChI=1S/C11H9NO/c1-2-10-5-3-4-6-11(10)7-8-12-9-13/h1,3-6H,7-8H2. The first-order valence-electron chi connectivity index (χ1n) is 3.96. The lowest BCUT2D eigenvalue weighted by Crippen LogP contribution is -1.92. The van der Waals surface area contributed by atoms with Crippen LogP contribution in [0.25, 0.3) is 0 Å². The molecule has 2 heteroatoms. The summed E-state index contributed by atoms with van der Waals surface area (Å²) in [6.45, 7) is 0.447. The highest BCUT2D eigenvalue weighted by Crippen LogP contribution is 2.07. The molecule has 0 heterocycles. The van der Waals surface area contributed by atoms with E-state index in [2.05, 4.69) is 10.9 Å². The minimum Gasteiger partial charge on any atom is -0.211 e. The Labute approximate surface area is 77.3 Å². The maximum absolute atomic E-state index is 9.82. The molecule has 0 aliphatic rings. The molecule has 0 radical (unpaired) electrons. The van der Waals surface area contributed by atoms with Crippen molar-refractivity contribution in [1.29, 1.82) is 0 Å². The van der Waals surface area contributed by atoms with Crippen molar-refractivity contribution >= 4 is 6.08 Å². The van der Waals surface area contributed by atoms with Gasteiger partial charge in [0.05, 0.1) is 6.54 Å². The molecule has 0 N–H and O–H groups in total. The Hall–Kier alpha value is -1.84. The molecule has 0 aliphatic heterocycles. The third-order valence-electron chi connectivity index (χ3n) is 1.73. The third kappa shape index (κ3) is 2.59. The van der Waals surface area contributed by atoms with Gasteiger partial charge in [-0.05, 0) is 18.1 Å². The van der Waals surface area contributed by atoms with Crippen LogP contribution in [0, 0.1) is 12.3 Å². The average molecular weight is 171 g/mol. The molecule has 0 spiro atoms. The normalized spacial score (nSPS) is 8.54. The predicted molar refractivity (Wildman–Crippen MR) is 51.1 cm³/mol. The Morgan fingerprint density at radius 2 is 2.15 bits per heavy atom. The van der Waals surface area contributed by atoms with Gasteiger partial charge in [0.1, 0.15) is 0 Å². The summed E-state index contributed by atoms with van der Waals surface area (Å²) in [4.78, 5) is 13.3. The predicted octanol–water partition coefficient (Wildman–Crippen LogP) is 1.55. The molecule has 0 unspecified atom stereocenters. The Balaban J connectivity index is 2.76. The Kier molecular flexibility index (Phi) is 3.50. The molecule has 0 bridgehead atoms. The van der Waals surface area contributed by atoms with Gasteiger partial charge in [0.2, 0.25) is 6.08 Å². The molecule has 13 heavy (non-hydrogen) atoms. The van der Waals surface area contributed by atoms with Gasteiger partial charge in [0.25, 0.3) is 0 Å². The van der Waals surface area contributed by atoms with Crippen molar-refractivity contribution in [2.45, 2.75) is 6.42 Å².